The first-order valence-corrected chi connectivity index (χ1v) is 10.1. The predicted octanol–water partition coefficient (Wildman–Crippen LogP) is 4.86. The number of benzene rings is 2. The van der Waals surface area contributed by atoms with Gasteiger partial charge in [0.2, 0.25) is 5.91 Å². The van der Waals surface area contributed by atoms with E-state index in [4.69, 9.17) is 0 Å². The smallest absolute Gasteiger partial charge is 0.406 e. The number of hydrogen-bond acceptors (Lipinski definition) is 3. The Morgan fingerprint density at radius 2 is 1.57 bits per heavy atom. The summed E-state index contributed by atoms with van der Waals surface area (Å²) in [4.78, 5) is 14.8. The fraction of sp³-hybridized carbons (Fsp3) is 0.435. The van der Waals surface area contributed by atoms with Gasteiger partial charge in [-0.15, -0.1) is 13.2 Å². The molecule has 1 amide bonds. The third kappa shape index (κ3) is 4.31. The van der Waals surface area contributed by atoms with Gasteiger partial charge in [-0.3, -0.25) is 4.79 Å². The fourth-order valence-corrected chi connectivity index (χ4v) is 4.71. The van der Waals surface area contributed by atoms with Crippen LogP contribution in [0.3, 0.4) is 0 Å². The zero-order chi connectivity index (χ0) is 21.4. The molecule has 0 unspecified atom stereocenters. The molecule has 2 aliphatic rings. The molecule has 2 fully saturated rings. The number of halogens is 3. The Bertz CT molecular complexity index is 888. The van der Waals surface area contributed by atoms with Crippen LogP contribution in [0.5, 0.6) is 5.75 Å². The molecule has 1 aliphatic heterocycles. The Balaban J connectivity index is 1.41. The minimum Gasteiger partial charge on any atom is -0.406 e. The molecule has 4 rings (SSSR count). The van der Waals surface area contributed by atoms with Crippen LogP contribution in [0.4, 0.5) is 18.9 Å². The molecule has 0 atom stereocenters. The summed E-state index contributed by atoms with van der Waals surface area (Å²) in [6.45, 7) is 0.523. The van der Waals surface area contributed by atoms with E-state index >= 15 is 0 Å². The zero-order valence-corrected chi connectivity index (χ0v) is 16.5. The molecule has 1 saturated heterocycles. The van der Waals surface area contributed by atoms with Gasteiger partial charge in [-0.2, -0.15) is 0 Å². The largest absolute Gasteiger partial charge is 0.573 e. The van der Waals surface area contributed by atoms with Crippen molar-refractivity contribution in [3.05, 3.63) is 60.2 Å². The number of amides is 1. The molecular weight excluding hydrogens is 395 g/mol. The summed E-state index contributed by atoms with van der Waals surface area (Å²) >= 11 is 0. The van der Waals surface area contributed by atoms with Crippen molar-refractivity contribution in [2.45, 2.75) is 50.5 Å². The first-order chi connectivity index (χ1) is 14.2. The van der Waals surface area contributed by atoms with Crippen LogP contribution in [-0.2, 0) is 11.2 Å². The van der Waals surface area contributed by atoms with Gasteiger partial charge < -0.3 is 14.7 Å². The molecule has 30 heavy (non-hydrogen) atoms. The molecule has 0 bridgehead atoms. The van der Waals surface area contributed by atoms with Gasteiger partial charge >= 0.3 is 6.36 Å². The molecule has 0 radical (unpaired) electrons. The molecule has 2 aromatic carbocycles. The highest BCUT2D eigenvalue weighted by Crippen LogP contribution is 2.49. The number of ether oxygens (including phenoxy) is 1. The van der Waals surface area contributed by atoms with E-state index in [-0.39, 0.29) is 11.7 Å². The van der Waals surface area contributed by atoms with E-state index in [2.05, 4.69) is 4.74 Å². The molecule has 4 nitrogen and oxygen atoms in total. The van der Waals surface area contributed by atoms with Crippen LogP contribution < -0.4 is 9.64 Å². The van der Waals surface area contributed by atoms with Crippen molar-refractivity contribution in [3.63, 3.8) is 0 Å². The van der Waals surface area contributed by atoms with E-state index in [1.54, 1.807) is 4.90 Å². The second-order valence-corrected chi connectivity index (χ2v) is 8.42. The van der Waals surface area contributed by atoms with Crippen molar-refractivity contribution in [2.24, 2.45) is 5.41 Å². The maximum Gasteiger partial charge on any atom is 0.573 e. The van der Waals surface area contributed by atoms with E-state index in [0.29, 0.717) is 50.8 Å². The third-order valence-corrected chi connectivity index (χ3v) is 6.41. The van der Waals surface area contributed by atoms with Crippen LogP contribution >= 0.6 is 0 Å². The van der Waals surface area contributed by atoms with E-state index in [1.807, 2.05) is 30.3 Å². The minimum atomic E-state index is -4.74. The SMILES string of the molecule is O=C1N(c2ccc(OC(F)(F)F)cc2)CC[C@]12CC[C@](O)(Cc1ccccc1)CC2. The van der Waals surface area contributed by atoms with Gasteiger partial charge in [0.1, 0.15) is 5.75 Å². The number of carbonyl (C=O) groups excluding carboxylic acids is 1. The quantitative estimate of drug-likeness (QED) is 0.770. The number of carbonyl (C=O) groups is 1. The van der Waals surface area contributed by atoms with Crippen molar-refractivity contribution in [3.8, 4) is 5.75 Å². The standard InChI is InChI=1S/C23H24F3NO3/c24-23(25,26)30-19-8-6-18(7-9-19)27-15-14-21(20(27)28)10-12-22(29,13-11-21)16-17-4-2-1-3-5-17/h1-9,29H,10-16H2/t21-,22-. The maximum absolute atomic E-state index is 13.2. The molecule has 1 spiro atoms. The number of nitrogens with zero attached hydrogens (tertiary/aromatic N) is 1. The van der Waals surface area contributed by atoms with Crippen LogP contribution in [0.2, 0.25) is 0 Å². The summed E-state index contributed by atoms with van der Waals surface area (Å²) < 4.78 is 40.9. The molecule has 1 N–H and O–H groups in total. The molecule has 2 aromatic rings. The Hall–Kier alpha value is -2.54. The third-order valence-electron chi connectivity index (χ3n) is 6.41. The Kier molecular flexibility index (Phi) is 5.26. The van der Waals surface area contributed by atoms with Gasteiger partial charge in [-0.1, -0.05) is 30.3 Å². The summed E-state index contributed by atoms with van der Waals surface area (Å²) in [5, 5.41) is 11.0. The second-order valence-electron chi connectivity index (χ2n) is 8.42. The lowest BCUT2D eigenvalue weighted by Crippen LogP contribution is -2.44. The highest BCUT2D eigenvalue weighted by molar-refractivity contribution is 6.00. The first-order valence-electron chi connectivity index (χ1n) is 10.1. The maximum atomic E-state index is 13.2. The second kappa shape index (κ2) is 7.61. The molecule has 7 heteroatoms. The molecule has 160 valence electrons. The van der Waals surface area contributed by atoms with Crippen LogP contribution in [0, 0.1) is 5.41 Å². The fourth-order valence-electron chi connectivity index (χ4n) is 4.71. The summed E-state index contributed by atoms with van der Waals surface area (Å²) in [5.74, 6) is -0.315. The number of hydrogen-bond donors (Lipinski definition) is 1. The number of anilines is 1. The topological polar surface area (TPSA) is 49.8 Å². The Morgan fingerprint density at radius 3 is 2.17 bits per heavy atom. The summed E-state index contributed by atoms with van der Waals surface area (Å²) in [5.41, 5.74) is 0.342. The minimum absolute atomic E-state index is 0.00579. The number of aliphatic hydroxyl groups is 1. The highest BCUT2D eigenvalue weighted by Gasteiger charge is 2.51. The van der Waals surface area contributed by atoms with Crippen LogP contribution in [0.25, 0.3) is 0 Å². The average molecular weight is 419 g/mol. The van der Waals surface area contributed by atoms with E-state index in [9.17, 15) is 23.1 Å². The summed E-state index contributed by atoms with van der Waals surface area (Å²) in [7, 11) is 0. The summed E-state index contributed by atoms with van der Waals surface area (Å²) in [6, 6.07) is 15.2. The lowest BCUT2D eigenvalue weighted by Gasteiger charge is -2.41. The van der Waals surface area contributed by atoms with Crippen molar-refractivity contribution in [2.75, 3.05) is 11.4 Å². The molecular formula is C23H24F3NO3. The van der Waals surface area contributed by atoms with Crippen LogP contribution in [0.15, 0.2) is 54.6 Å². The van der Waals surface area contributed by atoms with Crippen molar-refractivity contribution >= 4 is 11.6 Å². The van der Waals surface area contributed by atoms with Crippen LogP contribution in [0.1, 0.15) is 37.7 Å². The normalized spacial score (nSPS) is 26.9. The highest BCUT2D eigenvalue weighted by atomic mass is 19.4. The lowest BCUT2D eigenvalue weighted by molar-refractivity contribution is -0.274. The number of rotatable bonds is 4. The zero-order valence-electron chi connectivity index (χ0n) is 16.5. The van der Waals surface area contributed by atoms with Crippen molar-refractivity contribution in [1.82, 2.24) is 0 Å². The Morgan fingerprint density at radius 1 is 0.933 bits per heavy atom. The monoisotopic (exact) mass is 419 g/mol. The van der Waals surface area contributed by atoms with Crippen LogP contribution in [-0.4, -0.2) is 29.5 Å². The van der Waals surface area contributed by atoms with Gasteiger partial charge in [-0.05, 0) is 61.9 Å². The van der Waals surface area contributed by atoms with Gasteiger partial charge in [0.05, 0.1) is 11.0 Å². The number of alkyl halides is 3. The molecule has 0 aromatic heterocycles. The van der Waals surface area contributed by atoms with Crippen molar-refractivity contribution < 1.29 is 27.8 Å². The van der Waals surface area contributed by atoms with E-state index < -0.39 is 17.4 Å². The van der Waals surface area contributed by atoms with Gasteiger partial charge in [0.15, 0.2) is 0 Å². The predicted molar refractivity (Wildman–Crippen MR) is 106 cm³/mol. The van der Waals surface area contributed by atoms with Crippen molar-refractivity contribution in [1.29, 1.82) is 0 Å². The lowest BCUT2D eigenvalue weighted by atomic mass is 9.66. The molecule has 1 aliphatic carbocycles. The van der Waals surface area contributed by atoms with E-state index in [0.717, 1.165) is 5.56 Å². The Labute approximate surface area is 173 Å². The first kappa shape index (κ1) is 20.7. The van der Waals surface area contributed by atoms with E-state index in [1.165, 1.54) is 24.3 Å². The summed E-state index contributed by atoms with van der Waals surface area (Å²) in [6.07, 6.45) is -1.15. The van der Waals surface area contributed by atoms with Gasteiger partial charge in [0.25, 0.3) is 0 Å². The molecule has 1 heterocycles. The average Bonchev–Trinajstić information content (AvgIpc) is 3.01. The van der Waals surface area contributed by atoms with Gasteiger partial charge in [-0.25, -0.2) is 0 Å². The molecule has 1 saturated carbocycles. The van der Waals surface area contributed by atoms with Gasteiger partial charge in [0, 0.05) is 18.7 Å².